The Bertz CT molecular complexity index is 880. The van der Waals surface area contributed by atoms with Crippen molar-refractivity contribution in [3.8, 4) is 5.75 Å². The molecule has 2 aliphatic heterocycles. The number of likely N-dealkylation sites (N-methyl/N-ethyl adjacent to an activating group) is 1. The summed E-state index contributed by atoms with van der Waals surface area (Å²) in [5.41, 5.74) is 3.56. The lowest BCUT2D eigenvalue weighted by molar-refractivity contribution is -0.131. The summed E-state index contributed by atoms with van der Waals surface area (Å²) in [6, 6.07) is 17.3. The minimum Gasteiger partial charge on any atom is -0.492 e. The van der Waals surface area contributed by atoms with E-state index in [2.05, 4.69) is 78.2 Å². The third-order valence-electron chi connectivity index (χ3n) is 6.49. The second-order valence-electron chi connectivity index (χ2n) is 9.31. The number of nitrogens with zero attached hydrogens (tertiary/aromatic N) is 3. The second-order valence-corrected chi connectivity index (χ2v) is 9.31. The molecule has 0 saturated carbocycles. The highest BCUT2D eigenvalue weighted by Crippen LogP contribution is 2.27. The number of ether oxygens (including phenoxy) is 1. The van der Waals surface area contributed by atoms with Crippen LogP contribution in [-0.4, -0.2) is 73.0 Å². The maximum atomic E-state index is 13.2. The van der Waals surface area contributed by atoms with Gasteiger partial charge in [0.05, 0.1) is 12.5 Å². The van der Waals surface area contributed by atoms with Gasteiger partial charge in [0.2, 0.25) is 5.91 Å². The zero-order valence-electron chi connectivity index (χ0n) is 19.1. The molecule has 5 nitrogen and oxygen atoms in total. The topological polar surface area (TPSA) is 36.0 Å². The zero-order valence-corrected chi connectivity index (χ0v) is 19.1. The average Bonchev–Trinajstić information content (AvgIpc) is 3.14. The van der Waals surface area contributed by atoms with Crippen LogP contribution < -0.4 is 4.74 Å². The van der Waals surface area contributed by atoms with Crippen LogP contribution in [0.25, 0.3) is 0 Å². The Balaban J connectivity index is 1.47. The number of amides is 1. The van der Waals surface area contributed by atoms with Gasteiger partial charge in [-0.05, 0) is 45.5 Å². The van der Waals surface area contributed by atoms with E-state index in [-0.39, 0.29) is 11.9 Å². The van der Waals surface area contributed by atoms with Crippen molar-refractivity contribution in [1.29, 1.82) is 0 Å². The first-order chi connectivity index (χ1) is 15.0. The van der Waals surface area contributed by atoms with E-state index in [1.165, 1.54) is 11.1 Å². The van der Waals surface area contributed by atoms with Gasteiger partial charge in [-0.25, -0.2) is 0 Å². The summed E-state index contributed by atoms with van der Waals surface area (Å²) in [5, 5.41) is 0. The van der Waals surface area contributed by atoms with Crippen molar-refractivity contribution in [2.24, 2.45) is 0 Å². The van der Waals surface area contributed by atoms with Crippen LogP contribution in [0.5, 0.6) is 5.75 Å². The first kappa shape index (κ1) is 21.8. The Kier molecular flexibility index (Phi) is 6.93. The van der Waals surface area contributed by atoms with Gasteiger partial charge < -0.3 is 14.5 Å². The predicted octanol–water partition coefficient (Wildman–Crippen LogP) is 3.35. The van der Waals surface area contributed by atoms with Crippen molar-refractivity contribution < 1.29 is 9.53 Å². The predicted molar refractivity (Wildman–Crippen MR) is 124 cm³/mol. The van der Waals surface area contributed by atoms with Gasteiger partial charge >= 0.3 is 0 Å². The molecule has 2 aromatic carbocycles. The molecule has 166 valence electrons. The van der Waals surface area contributed by atoms with Gasteiger partial charge in [0.1, 0.15) is 12.4 Å². The molecule has 1 saturated heterocycles. The minimum atomic E-state index is 0.252. The van der Waals surface area contributed by atoms with Gasteiger partial charge in [0.25, 0.3) is 0 Å². The fourth-order valence-corrected chi connectivity index (χ4v) is 4.82. The van der Waals surface area contributed by atoms with Crippen LogP contribution in [0.4, 0.5) is 0 Å². The minimum absolute atomic E-state index is 0.252. The number of para-hydroxylation sites is 1. The molecule has 2 aliphatic rings. The molecule has 2 aromatic rings. The first-order valence-corrected chi connectivity index (χ1v) is 11.4. The monoisotopic (exact) mass is 421 g/mol. The molecule has 5 heteroatoms. The van der Waals surface area contributed by atoms with Crippen LogP contribution in [0, 0.1) is 6.92 Å². The number of rotatable bonds is 6. The maximum Gasteiger partial charge on any atom is 0.227 e. The SMILES string of the molecule is Cc1ccc(CC(=O)N2CCC[C@H]2CN2Cc3ccccc3OC[C@@H]2CN(C)C)cc1. The second kappa shape index (κ2) is 9.84. The molecular weight excluding hydrogens is 386 g/mol. The number of carbonyl (C=O) groups excluding carboxylic acids is 1. The highest BCUT2D eigenvalue weighted by molar-refractivity contribution is 5.79. The lowest BCUT2D eigenvalue weighted by Crippen LogP contribution is -2.50. The Labute approximate surface area is 186 Å². The summed E-state index contributed by atoms with van der Waals surface area (Å²) in [4.78, 5) is 20.0. The van der Waals surface area contributed by atoms with E-state index in [1.807, 2.05) is 6.07 Å². The third kappa shape index (κ3) is 5.46. The molecule has 2 atom stereocenters. The summed E-state index contributed by atoms with van der Waals surface area (Å²) in [6.07, 6.45) is 2.65. The molecule has 0 bridgehead atoms. The molecule has 0 spiro atoms. The van der Waals surface area contributed by atoms with Gasteiger partial charge in [-0.15, -0.1) is 0 Å². The number of likely N-dealkylation sites (tertiary alicyclic amines) is 1. The first-order valence-electron chi connectivity index (χ1n) is 11.4. The highest BCUT2D eigenvalue weighted by atomic mass is 16.5. The number of fused-ring (bicyclic) bond motifs is 1. The Morgan fingerprint density at radius 2 is 1.87 bits per heavy atom. The van der Waals surface area contributed by atoms with Crippen molar-refractivity contribution in [3.05, 3.63) is 65.2 Å². The van der Waals surface area contributed by atoms with Gasteiger partial charge in [0, 0.05) is 37.8 Å². The maximum absolute atomic E-state index is 13.2. The molecule has 4 rings (SSSR count). The van der Waals surface area contributed by atoms with Gasteiger partial charge in [-0.2, -0.15) is 0 Å². The fraction of sp³-hybridized carbons (Fsp3) is 0.500. The number of hydrogen-bond donors (Lipinski definition) is 0. The summed E-state index contributed by atoms with van der Waals surface area (Å²) >= 11 is 0. The smallest absolute Gasteiger partial charge is 0.227 e. The van der Waals surface area contributed by atoms with Crippen LogP contribution in [0.15, 0.2) is 48.5 Å². The summed E-state index contributed by atoms with van der Waals surface area (Å²) in [6.45, 7) is 6.34. The normalized spacial score (nSPS) is 21.6. The largest absolute Gasteiger partial charge is 0.492 e. The molecule has 0 radical (unpaired) electrons. The van der Waals surface area contributed by atoms with Crippen LogP contribution in [-0.2, 0) is 17.8 Å². The lowest BCUT2D eigenvalue weighted by Gasteiger charge is -2.35. The van der Waals surface area contributed by atoms with Crippen LogP contribution in [0.2, 0.25) is 0 Å². The standard InChI is InChI=1S/C26H35N3O2/c1-20-10-12-21(13-11-20)15-26(30)29-14-6-8-23(29)18-28-16-22-7-4-5-9-25(22)31-19-24(28)17-27(2)3/h4-5,7,9-13,23-24H,6,8,14-19H2,1-3H3/t23-,24-/m0/s1. The van der Waals surface area contributed by atoms with E-state index in [1.54, 1.807) is 0 Å². The molecule has 1 fully saturated rings. The third-order valence-corrected chi connectivity index (χ3v) is 6.49. The molecule has 0 unspecified atom stereocenters. The molecule has 1 amide bonds. The summed E-state index contributed by atoms with van der Waals surface area (Å²) in [5.74, 6) is 1.24. The molecule has 31 heavy (non-hydrogen) atoms. The molecule has 0 aromatic heterocycles. The van der Waals surface area contributed by atoms with E-state index >= 15 is 0 Å². The van der Waals surface area contributed by atoms with E-state index in [4.69, 9.17) is 4.74 Å². The summed E-state index contributed by atoms with van der Waals surface area (Å²) in [7, 11) is 4.23. The number of benzene rings is 2. The number of aryl methyl sites for hydroxylation is 1. The van der Waals surface area contributed by atoms with Crippen molar-refractivity contribution in [2.45, 2.75) is 44.8 Å². The zero-order chi connectivity index (χ0) is 21.8. The van der Waals surface area contributed by atoms with Crippen LogP contribution in [0.3, 0.4) is 0 Å². The van der Waals surface area contributed by atoms with E-state index in [0.29, 0.717) is 19.1 Å². The fourth-order valence-electron chi connectivity index (χ4n) is 4.82. The number of hydrogen-bond acceptors (Lipinski definition) is 4. The van der Waals surface area contributed by atoms with Gasteiger partial charge in [-0.1, -0.05) is 48.0 Å². The Morgan fingerprint density at radius 1 is 1.10 bits per heavy atom. The van der Waals surface area contributed by atoms with Gasteiger partial charge in [0.15, 0.2) is 0 Å². The Hall–Kier alpha value is -2.37. The molecular formula is C26H35N3O2. The van der Waals surface area contributed by atoms with E-state index in [9.17, 15) is 4.79 Å². The quantitative estimate of drug-likeness (QED) is 0.717. The molecule has 0 N–H and O–H groups in total. The average molecular weight is 422 g/mol. The summed E-state index contributed by atoms with van der Waals surface area (Å²) < 4.78 is 6.17. The van der Waals surface area contributed by atoms with E-state index in [0.717, 1.165) is 50.3 Å². The van der Waals surface area contributed by atoms with Crippen LogP contribution in [0.1, 0.15) is 29.5 Å². The van der Waals surface area contributed by atoms with E-state index < -0.39 is 0 Å². The highest BCUT2D eigenvalue weighted by Gasteiger charge is 2.33. The molecule has 0 aliphatic carbocycles. The van der Waals surface area contributed by atoms with Crippen LogP contribution >= 0.6 is 0 Å². The van der Waals surface area contributed by atoms with Crippen molar-refractivity contribution in [3.63, 3.8) is 0 Å². The molecule has 2 heterocycles. The van der Waals surface area contributed by atoms with Crippen molar-refractivity contribution >= 4 is 5.91 Å². The number of carbonyl (C=O) groups is 1. The van der Waals surface area contributed by atoms with Gasteiger partial charge in [-0.3, -0.25) is 9.69 Å². The van der Waals surface area contributed by atoms with Crippen molar-refractivity contribution in [1.82, 2.24) is 14.7 Å². The Morgan fingerprint density at radius 3 is 2.65 bits per heavy atom. The van der Waals surface area contributed by atoms with Crippen molar-refractivity contribution in [2.75, 3.05) is 40.3 Å². The lowest BCUT2D eigenvalue weighted by atomic mass is 10.1.